The van der Waals surface area contributed by atoms with Crippen LogP contribution in [0.1, 0.15) is 16.6 Å². The topological polar surface area (TPSA) is 57.0 Å². The molecule has 5 nitrogen and oxygen atoms in total. The standard InChI is InChI=1S/C27H19F2N3O2S/c1-2-34-27(33)25-24(18-10-14-20(29)15-11-18)30-26(35-25)22-16-32(21-6-4-3-5-7-21)31-23(22)17-8-12-19(28)13-9-17/h3-16H,2H2,1H3. The molecule has 5 aromatic rings. The van der Waals surface area contributed by atoms with Gasteiger partial charge < -0.3 is 4.74 Å². The van der Waals surface area contributed by atoms with Crippen molar-refractivity contribution in [2.45, 2.75) is 6.92 Å². The highest BCUT2D eigenvalue weighted by Gasteiger charge is 2.24. The number of thiazole rings is 1. The van der Waals surface area contributed by atoms with Gasteiger partial charge in [-0.25, -0.2) is 23.2 Å². The zero-order valence-electron chi connectivity index (χ0n) is 18.6. The van der Waals surface area contributed by atoms with Gasteiger partial charge in [0.2, 0.25) is 0 Å². The lowest BCUT2D eigenvalue weighted by Gasteiger charge is -2.02. The number of aromatic nitrogens is 3. The summed E-state index contributed by atoms with van der Waals surface area (Å²) in [6.45, 7) is 1.94. The zero-order chi connectivity index (χ0) is 24.4. The van der Waals surface area contributed by atoms with Gasteiger partial charge >= 0.3 is 5.97 Å². The molecule has 0 saturated heterocycles. The largest absolute Gasteiger partial charge is 0.462 e. The third-order valence-corrected chi connectivity index (χ3v) is 6.36. The van der Waals surface area contributed by atoms with Gasteiger partial charge in [-0.2, -0.15) is 5.10 Å². The molecule has 8 heteroatoms. The summed E-state index contributed by atoms with van der Waals surface area (Å²) in [5.74, 6) is -1.24. The number of nitrogens with zero attached hydrogens (tertiary/aromatic N) is 3. The summed E-state index contributed by atoms with van der Waals surface area (Å²) in [5, 5.41) is 5.29. The first-order valence-electron chi connectivity index (χ1n) is 10.9. The van der Waals surface area contributed by atoms with E-state index in [0.717, 1.165) is 5.69 Å². The van der Waals surface area contributed by atoms with Crippen molar-refractivity contribution in [1.82, 2.24) is 14.8 Å². The molecule has 2 aromatic heterocycles. The quantitative estimate of drug-likeness (QED) is 0.248. The number of para-hydroxylation sites is 1. The van der Waals surface area contributed by atoms with Gasteiger partial charge in [-0.15, -0.1) is 11.3 Å². The van der Waals surface area contributed by atoms with Crippen molar-refractivity contribution < 1.29 is 18.3 Å². The van der Waals surface area contributed by atoms with E-state index in [0.29, 0.717) is 38.0 Å². The first kappa shape index (κ1) is 22.6. The monoisotopic (exact) mass is 487 g/mol. The Bertz CT molecular complexity index is 1480. The van der Waals surface area contributed by atoms with Crippen LogP contribution < -0.4 is 0 Å². The van der Waals surface area contributed by atoms with Gasteiger partial charge in [0.15, 0.2) is 0 Å². The van der Waals surface area contributed by atoms with Crippen LogP contribution in [0.15, 0.2) is 85.1 Å². The molecule has 0 aliphatic rings. The van der Waals surface area contributed by atoms with Crippen molar-refractivity contribution in [3.05, 3.63) is 102 Å². The summed E-state index contributed by atoms with van der Waals surface area (Å²) < 4.78 is 34.1. The number of halogens is 2. The molecule has 5 rings (SSSR count). The molecule has 0 radical (unpaired) electrons. The van der Waals surface area contributed by atoms with Gasteiger partial charge in [0, 0.05) is 17.3 Å². The van der Waals surface area contributed by atoms with E-state index in [4.69, 9.17) is 14.8 Å². The predicted octanol–water partition coefficient (Wildman–Crippen LogP) is 6.78. The van der Waals surface area contributed by atoms with Crippen LogP contribution in [-0.2, 0) is 4.74 Å². The van der Waals surface area contributed by atoms with Gasteiger partial charge in [-0.3, -0.25) is 0 Å². The Morgan fingerprint density at radius 1 is 0.886 bits per heavy atom. The van der Waals surface area contributed by atoms with E-state index in [9.17, 15) is 13.6 Å². The summed E-state index contributed by atoms with van der Waals surface area (Å²) >= 11 is 1.17. The summed E-state index contributed by atoms with van der Waals surface area (Å²) in [4.78, 5) is 17.9. The Morgan fingerprint density at radius 2 is 1.49 bits per heavy atom. The Balaban J connectivity index is 1.70. The number of hydrogen-bond donors (Lipinski definition) is 0. The second kappa shape index (κ2) is 9.60. The molecule has 3 aromatic carbocycles. The van der Waals surface area contributed by atoms with Crippen molar-refractivity contribution in [3.63, 3.8) is 0 Å². The minimum Gasteiger partial charge on any atom is -0.462 e. The third kappa shape index (κ3) is 4.61. The fourth-order valence-electron chi connectivity index (χ4n) is 3.64. The molecule has 0 atom stereocenters. The smallest absolute Gasteiger partial charge is 0.350 e. The van der Waals surface area contributed by atoms with Gasteiger partial charge in [-0.05, 0) is 67.6 Å². The summed E-state index contributed by atoms with van der Waals surface area (Å²) in [7, 11) is 0. The van der Waals surface area contributed by atoms with E-state index in [1.54, 1.807) is 35.9 Å². The van der Waals surface area contributed by atoms with E-state index in [2.05, 4.69) is 0 Å². The maximum Gasteiger partial charge on any atom is 0.350 e. The van der Waals surface area contributed by atoms with Crippen LogP contribution in [0.25, 0.3) is 38.8 Å². The zero-order valence-corrected chi connectivity index (χ0v) is 19.4. The first-order chi connectivity index (χ1) is 17.0. The minimum atomic E-state index is -0.505. The predicted molar refractivity (Wildman–Crippen MR) is 131 cm³/mol. The molecule has 0 amide bonds. The lowest BCUT2D eigenvalue weighted by molar-refractivity contribution is 0.0532. The molecule has 0 aliphatic heterocycles. The van der Waals surface area contributed by atoms with Crippen molar-refractivity contribution >= 4 is 17.3 Å². The average Bonchev–Trinajstić information content (AvgIpc) is 3.51. The van der Waals surface area contributed by atoms with Crippen LogP contribution in [0, 0.1) is 11.6 Å². The third-order valence-electron chi connectivity index (χ3n) is 5.29. The Kier molecular flexibility index (Phi) is 6.20. The Hall–Kier alpha value is -4.17. The number of carbonyl (C=O) groups excluding carboxylic acids is 1. The highest BCUT2D eigenvalue weighted by molar-refractivity contribution is 7.17. The van der Waals surface area contributed by atoms with E-state index in [1.807, 2.05) is 36.5 Å². The van der Waals surface area contributed by atoms with Crippen LogP contribution >= 0.6 is 11.3 Å². The van der Waals surface area contributed by atoms with Crippen LogP contribution in [0.4, 0.5) is 8.78 Å². The summed E-state index contributed by atoms with van der Waals surface area (Å²) in [5.41, 5.74) is 3.79. The molecular formula is C27H19F2N3O2S. The van der Waals surface area contributed by atoms with Gasteiger partial charge in [0.05, 0.1) is 23.6 Å². The van der Waals surface area contributed by atoms with Gasteiger partial charge in [0.25, 0.3) is 0 Å². The van der Waals surface area contributed by atoms with E-state index in [1.165, 1.54) is 35.6 Å². The molecule has 0 aliphatic carbocycles. The lowest BCUT2D eigenvalue weighted by atomic mass is 10.1. The molecule has 0 spiro atoms. The Morgan fingerprint density at radius 3 is 2.09 bits per heavy atom. The molecule has 0 bridgehead atoms. The minimum absolute atomic E-state index is 0.210. The molecular weight excluding hydrogens is 468 g/mol. The van der Waals surface area contributed by atoms with Crippen molar-refractivity contribution in [2.75, 3.05) is 6.61 Å². The van der Waals surface area contributed by atoms with Crippen molar-refractivity contribution in [2.24, 2.45) is 0 Å². The van der Waals surface area contributed by atoms with Crippen LogP contribution in [-0.4, -0.2) is 27.3 Å². The fourth-order valence-corrected chi connectivity index (χ4v) is 4.63. The molecule has 0 unspecified atom stereocenters. The fraction of sp³-hybridized carbons (Fsp3) is 0.0741. The molecule has 174 valence electrons. The van der Waals surface area contributed by atoms with E-state index in [-0.39, 0.29) is 18.2 Å². The van der Waals surface area contributed by atoms with Crippen LogP contribution in [0.2, 0.25) is 0 Å². The molecule has 35 heavy (non-hydrogen) atoms. The second-order valence-corrected chi connectivity index (χ2v) is 8.60. The number of hydrogen-bond acceptors (Lipinski definition) is 5. The van der Waals surface area contributed by atoms with E-state index >= 15 is 0 Å². The van der Waals surface area contributed by atoms with Gasteiger partial charge in [-0.1, -0.05) is 18.2 Å². The van der Waals surface area contributed by atoms with Crippen molar-refractivity contribution in [1.29, 1.82) is 0 Å². The SMILES string of the molecule is CCOC(=O)c1sc(-c2cn(-c3ccccc3)nc2-c2ccc(F)cc2)nc1-c1ccc(F)cc1. The van der Waals surface area contributed by atoms with Gasteiger partial charge in [0.1, 0.15) is 27.2 Å². The maximum absolute atomic E-state index is 13.6. The first-order valence-corrected chi connectivity index (χ1v) is 11.7. The maximum atomic E-state index is 13.6. The normalized spacial score (nSPS) is 10.9. The second-order valence-electron chi connectivity index (χ2n) is 7.60. The number of benzene rings is 3. The average molecular weight is 488 g/mol. The number of rotatable bonds is 6. The molecule has 0 saturated carbocycles. The Labute approximate surface area is 204 Å². The highest BCUT2D eigenvalue weighted by atomic mass is 32.1. The lowest BCUT2D eigenvalue weighted by Crippen LogP contribution is -2.03. The molecule has 2 heterocycles. The molecule has 0 fully saturated rings. The van der Waals surface area contributed by atoms with Crippen molar-refractivity contribution in [3.8, 4) is 38.8 Å². The van der Waals surface area contributed by atoms with Crippen LogP contribution in [0.3, 0.4) is 0 Å². The van der Waals surface area contributed by atoms with E-state index < -0.39 is 5.97 Å². The summed E-state index contributed by atoms with van der Waals surface area (Å²) in [6, 6.07) is 21.4. The summed E-state index contributed by atoms with van der Waals surface area (Å²) in [6.07, 6.45) is 1.83. The highest BCUT2D eigenvalue weighted by Crippen LogP contribution is 2.39. The number of ether oxygens (including phenoxy) is 1. The number of carbonyl (C=O) groups is 1. The molecule has 0 N–H and O–H groups in total. The number of esters is 1. The van der Waals surface area contributed by atoms with Crippen LogP contribution in [0.5, 0.6) is 0 Å².